The van der Waals surface area contributed by atoms with Gasteiger partial charge in [-0.25, -0.2) is 4.98 Å². The summed E-state index contributed by atoms with van der Waals surface area (Å²) in [6.45, 7) is 0.779. The molecule has 4 rings (SSSR count). The van der Waals surface area contributed by atoms with Gasteiger partial charge in [-0.1, -0.05) is 0 Å². The number of nitriles is 1. The molecule has 1 aliphatic carbocycles. The first-order valence-electron chi connectivity index (χ1n) is 8.12. The summed E-state index contributed by atoms with van der Waals surface area (Å²) in [4.78, 5) is 9.20. The van der Waals surface area contributed by atoms with Crippen LogP contribution in [0.5, 0.6) is 0 Å². The lowest BCUT2D eigenvalue weighted by molar-refractivity contribution is 0.280. The van der Waals surface area contributed by atoms with Crippen molar-refractivity contribution in [2.75, 3.05) is 6.54 Å². The van der Waals surface area contributed by atoms with E-state index >= 15 is 0 Å². The number of nitrogens with two attached hydrogens (primary N) is 1. The molecule has 1 aliphatic rings. The SMILES string of the molecule is N#CCc1nc2cnc3ccsc3c2n1C1CCC(CN)CC1. The molecule has 3 aromatic heterocycles. The maximum atomic E-state index is 9.19. The highest BCUT2D eigenvalue weighted by Gasteiger charge is 2.26. The molecular weight excluding hydrogens is 306 g/mol. The summed E-state index contributed by atoms with van der Waals surface area (Å²) in [5.74, 6) is 1.52. The number of nitrogens with zero attached hydrogens (tertiary/aromatic N) is 4. The Labute approximate surface area is 138 Å². The molecule has 3 heterocycles. The number of pyridine rings is 1. The molecule has 5 nitrogen and oxygen atoms in total. The van der Waals surface area contributed by atoms with Gasteiger partial charge in [0.25, 0.3) is 0 Å². The molecule has 6 heteroatoms. The first-order chi connectivity index (χ1) is 11.3. The van der Waals surface area contributed by atoms with Crippen molar-refractivity contribution in [3.05, 3.63) is 23.5 Å². The Balaban J connectivity index is 1.87. The topological polar surface area (TPSA) is 80.5 Å². The molecule has 23 heavy (non-hydrogen) atoms. The van der Waals surface area contributed by atoms with Crippen LogP contribution in [-0.2, 0) is 6.42 Å². The number of thiophene rings is 1. The molecule has 0 amide bonds. The smallest absolute Gasteiger partial charge is 0.124 e. The van der Waals surface area contributed by atoms with Crippen LogP contribution in [0.1, 0.15) is 37.5 Å². The minimum absolute atomic E-state index is 0.346. The van der Waals surface area contributed by atoms with Crippen LogP contribution < -0.4 is 5.73 Å². The van der Waals surface area contributed by atoms with E-state index in [0.717, 1.165) is 54.6 Å². The van der Waals surface area contributed by atoms with Gasteiger partial charge in [0.15, 0.2) is 0 Å². The van der Waals surface area contributed by atoms with Gasteiger partial charge in [-0.2, -0.15) is 5.26 Å². The monoisotopic (exact) mass is 325 g/mol. The van der Waals surface area contributed by atoms with Gasteiger partial charge >= 0.3 is 0 Å². The second-order valence-corrected chi connectivity index (χ2v) is 7.19. The lowest BCUT2D eigenvalue weighted by Crippen LogP contribution is -2.24. The molecule has 0 aromatic carbocycles. The van der Waals surface area contributed by atoms with Gasteiger partial charge < -0.3 is 10.3 Å². The highest BCUT2D eigenvalue weighted by Crippen LogP contribution is 2.37. The first-order valence-corrected chi connectivity index (χ1v) is 8.99. The van der Waals surface area contributed by atoms with E-state index in [-0.39, 0.29) is 0 Å². The first kappa shape index (κ1) is 14.6. The third-order valence-corrected chi connectivity index (χ3v) is 5.86. The summed E-state index contributed by atoms with van der Waals surface area (Å²) in [6.07, 6.45) is 6.73. The van der Waals surface area contributed by atoms with E-state index in [9.17, 15) is 5.26 Å². The van der Waals surface area contributed by atoms with E-state index in [4.69, 9.17) is 10.7 Å². The van der Waals surface area contributed by atoms with E-state index in [1.165, 1.54) is 4.70 Å². The van der Waals surface area contributed by atoms with Gasteiger partial charge in [0.2, 0.25) is 0 Å². The second kappa shape index (κ2) is 5.91. The largest absolute Gasteiger partial charge is 0.330 e. The third kappa shape index (κ3) is 2.41. The van der Waals surface area contributed by atoms with Crippen molar-refractivity contribution in [2.24, 2.45) is 11.7 Å². The average molecular weight is 325 g/mol. The van der Waals surface area contributed by atoms with Gasteiger partial charge in [-0.15, -0.1) is 11.3 Å². The molecule has 2 N–H and O–H groups in total. The summed E-state index contributed by atoms with van der Waals surface area (Å²) >= 11 is 1.71. The molecule has 0 aliphatic heterocycles. The summed E-state index contributed by atoms with van der Waals surface area (Å²) in [6, 6.07) is 4.73. The van der Waals surface area contributed by atoms with Crippen LogP contribution in [0.25, 0.3) is 21.3 Å². The number of hydrogen-bond acceptors (Lipinski definition) is 5. The normalized spacial score (nSPS) is 21.7. The van der Waals surface area contributed by atoms with Crippen LogP contribution in [0.2, 0.25) is 0 Å². The Bertz CT molecular complexity index is 880. The van der Waals surface area contributed by atoms with Crippen molar-refractivity contribution in [2.45, 2.75) is 38.1 Å². The Morgan fingerprint density at radius 2 is 2.13 bits per heavy atom. The van der Waals surface area contributed by atoms with Gasteiger partial charge in [0.05, 0.1) is 34.4 Å². The van der Waals surface area contributed by atoms with Gasteiger partial charge in [-0.3, -0.25) is 4.98 Å². The van der Waals surface area contributed by atoms with Crippen molar-refractivity contribution < 1.29 is 0 Å². The molecule has 0 spiro atoms. The fourth-order valence-electron chi connectivity index (χ4n) is 3.75. The van der Waals surface area contributed by atoms with Crippen molar-refractivity contribution >= 4 is 32.6 Å². The van der Waals surface area contributed by atoms with E-state index in [1.54, 1.807) is 11.3 Å². The molecule has 3 aromatic rings. The maximum Gasteiger partial charge on any atom is 0.124 e. The molecule has 0 radical (unpaired) electrons. The van der Waals surface area contributed by atoms with E-state index in [0.29, 0.717) is 18.4 Å². The van der Waals surface area contributed by atoms with Gasteiger partial charge in [0, 0.05) is 6.04 Å². The molecule has 1 saturated carbocycles. The zero-order valence-electron chi connectivity index (χ0n) is 12.9. The molecule has 0 atom stereocenters. The molecular formula is C17H19N5S. The lowest BCUT2D eigenvalue weighted by atomic mass is 9.86. The van der Waals surface area contributed by atoms with Crippen LogP contribution in [0.3, 0.4) is 0 Å². The van der Waals surface area contributed by atoms with Gasteiger partial charge in [-0.05, 0) is 49.6 Å². The van der Waals surface area contributed by atoms with Crippen LogP contribution in [0, 0.1) is 17.2 Å². The quantitative estimate of drug-likeness (QED) is 0.800. The summed E-state index contributed by atoms with van der Waals surface area (Å²) in [7, 11) is 0. The van der Waals surface area contributed by atoms with Crippen LogP contribution in [-0.4, -0.2) is 21.1 Å². The maximum absolute atomic E-state index is 9.19. The third-order valence-electron chi connectivity index (χ3n) is 4.95. The van der Waals surface area contributed by atoms with Crippen molar-refractivity contribution in [1.82, 2.24) is 14.5 Å². The lowest BCUT2D eigenvalue weighted by Gasteiger charge is -2.30. The molecule has 0 saturated heterocycles. The highest BCUT2D eigenvalue weighted by molar-refractivity contribution is 7.18. The van der Waals surface area contributed by atoms with E-state index < -0.39 is 0 Å². The van der Waals surface area contributed by atoms with Crippen molar-refractivity contribution in [3.8, 4) is 6.07 Å². The van der Waals surface area contributed by atoms with E-state index in [1.807, 2.05) is 12.3 Å². The zero-order valence-corrected chi connectivity index (χ0v) is 13.7. The minimum Gasteiger partial charge on any atom is -0.330 e. The fraction of sp³-hybridized carbons (Fsp3) is 0.471. The molecule has 0 unspecified atom stereocenters. The fourth-order valence-corrected chi connectivity index (χ4v) is 4.64. The van der Waals surface area contributed by atoms with Crippen molar-refractivity contribution in [3.63, 3.8) is 0 Å². The summed E-state index contributed by atoms with van der Waals surface area (Å²) in [5.41, 5.74) is 8.91. The standard InChI is InChI=1S/C17H19N5S/c18-7-5-15-21-14-10-20-13-6-8-23-17(13)16(14)22(15)12-3-1-11(9-19)2-4-12/h6,8,10-12H,1-5,9,19H2. The van der Waals surface area contributed by atoms with Gasteiger partial charge in [0.1, 0.15) is 11.3 Å². The van der Waals surface area contributed by atoms with Crippen LogP contribution >= 0.6 is 11.3 Å². The summed E-state index contributed by atoms with van der Waals surface area (Å²) < 4.78 is 3.51. The Hall–Kier alpha value is -1.97. The summed E-state index contributed by atoms with van der Waals surface area (Å²) in [5, 5.41) is 11.3. The van der Waals surface area contributed by atoms with Crippen LogP contribution in [0.15, 0.2) is 17.6 Å². The van der Waals surface area contributed by atoms with Crippen molar-refractivity contribution in [1.29, 1.82) is 5.26 Å². The molecule has 1 fully saturated rings. The molecule has 118 valence electrons. The number of imidazole rings is 1. The Morgan fingerprint density at radius 3 is 2.87 bits per heavy atom. The number of aromatic nitrogens is 3. The minimum atomic E-state index is 0.346. The Morgan fingerprint density at radius 1 is 1.30 bits per heavy atom. The zero-order chi connectivity index (χ0) is 15.8. The number of rotatable bonds is 3. The molecule has 0 bridgehead atoms. The number of hydrogen-bond donors (Lipinski definition) is 1. The average Bonchev–Trinajstić information content (AvgIpc) is 3.18. The predicted molar refractivity (Wildman–Crippen MR) is 92.3 cm³/mol. The van der Waals surface area contributed by atoms with E-state index in [2.05, 4.69) is 21.0 Å². The second-order valence-electron chi connectivity index (χ2n) is 6.27. The highest BCUT2D eigenvalue weighted by atomic mass is 32.1. The number of fused-ring (bicyclic) bond motifs is 3. The predicted octanol–water partition coefficient (Wildman–Crippen LogP) is 3.40. The van der Waals surface area contributed by atoms with Crippen LogP contribution in [0.4, 0.5) is 0 Å². The Kier molecular flexibility index (Phi) is 3.76.